The van der Waals surface area contributed by atoms with Gasteiger partial charge >= 0.3 is 0 Å². The molecule has 0 bridgehead atoms. The van der Waals surface area contributed by atoms with Crippen LogP contribution in [0.1, 0.15) is 35.7 Å². The van der Waals surface area contributed by atoms with Crippen LogP contribution in [-0.2, 0) is 17.8 Å². The second-order valence-electron chi connectivity index (χ2n) is 8.63. The molecule has 1 aliphatic heterocycles. The van der Waals surface area contributed by atoms with E-state index in [0.717, 1.165) is 16.7 Å². The van der Waals surface area contributed by atoms with Crippen molar-refractivity contribution in [3.63, 3.8) is 0 Å². The van der Waals surface area contributed by atoms with Crippen LogP contribution in [0.25, 0.3) is 11.4 Å². The summed E-state index contributed by atoms with van der Waals surface area (Å²) in [5.74, 6) is 0.920. The molecule has 9 heteroatoms. The van der Waals surface area contributed by atoms with E-state index in [0.29, 0.717) is 52.3 Å². The molecule has 0 radical (unpaired) electrons. The van der Waals surface area contributed by atoms with E-state index in [4.69, 9.17) is 14.7 Å². The standard InChI is InChI=1S/C28H25FN4O3S/c1-3-23(26(35)31-20-11-9-19(29)10-12-20)37-28-22-13-21-18(15-34)14-30-16(2)24(21)36-27(22)32-25(33-28)17-7-5-4-6-8-17/h4-12,14,23,34H,3,13,15H2,1-2H3,(H,31,35). The lowest BCUT2D eigenvalue weighted by Crippen LogP contribution is -2.25. The molecule has 2 aromatic heterocycles. The summed E-state index contributed by atoms with van der Waals surface area (Å²) in [6.45, 7) is 3.61. The number of thioether (sulfide) groups is 1. The van der Waals surface area contributed by atoms with Gasteiger partial charge in [-0.15, -0.1) is 0 Å². The van der Waals surface area contributed by atoms with E-state index in [1.54, 1.807) is 6.20 Å². The number of aryl methyl sites for hydroxylation is 1. The Kier molecular flexibility index (Phi) is 7.16. The lowest BCUT2D eigenvalue weighted by atomic mass is 9.99. The van der Waals surface area contributed by atoms with Crippen molar-refractivity contribution in [2.45, 2.75) is 43.6 Å². The molecule has 1 amide bonds. The lowest BCUT2D eigenvalue weighted by Gasteiger charge is -2.25. The second kappa shape index (κ2) is 10.7. The number of nitrogens with one attached hydrogen (secondary N) is 1. The van der Waals surface area contributed by atoms with Crippen LogP contribution in [0.4, 0.5) is 10.1 Å². The van der Waals surface area contributed by atoms with Gasteiger partial charge in [-0.25, -0.2) is 9.37 Å². The lowest BCUT2D eigenvalue weighted by molar-refractivity contribution is -0.115. The summed E-state index contributed by atoms with van der Waals surface area (Å²) in [7, 11) is 0. The number of aliphatic hydroxyl groups is 1. The third kappa shape index (κ3) is 5.19. The van der Waals surface area contributed by atoms with Crippen molar-refractivity contribution in [3.8, 4) is 23.0 Å². The molecule has 5 rings (SSSR count). The Morgan fingerprint density at radius 2 is 1.89 bits per heavy atom. The molecule has 0 saturated carbocycles. The van der Waals surface area contributed by atoms with Crippen LogP contribution in [-0.4, -0.2) is 31.2 Å². The minimum Gasteiger partial charge on any atom is -0.436 e. The molecule has 4 aromatic rings. The van der Waals surface area contributed by atoms with Gasteiger partial charge in [0.05, 0.1) is 23.1 Å². The minimum atomic E-state index is -0.467. The second-order valence-corrected chi connectivity index (χ2v) is 9.82. The largest absolute Gasteiger partial charge is 0.436 e. The van der Waals surface area contributed by atoms with Gasteiger partial charge in [0.15, 0.2) is 11.6 Å². The number of hydrogen-bond acceptors (Lipinski definition) is 7. The molecule has 188 valence electrons. The molecule has 2 aromatic carbocycles. The smallest absolute Gasteiger partial charge is 0.237 e. The number of fused-ring (bicyclic) bond motifs is 2. The predicted molar refractivity (Wildman–Crippen MR) is 140 cm³/mol. The number of hydrogen-bond donors (Lipinski definition) is 2. The van der Waals surface area contributed by atoms with Crippen molar-refractivity contribution in [1.29, 1.82) is 0 Å². The van der Waals surface area contributed by atoms with Gasteiger partial charge in [-0.1, -0.05) is 49.0 Å². The summed E-state index contributed by atoms with van der Waals surface area (Å²) in [6.07, 6.45) is 2.64. The molecule has 37 heavy (non-hydrogen) atoms. The van der Waals surface area contributed by atoms with Crippen molar-refractivity contribution in [2.24, 2.45) is 0 Å². The van der Waals surface area contributed by atoms with Crippen LogP contribution in [0.3, 0.4) is 0 Å². The number of rotatable bonds is 7. The highest BCUT2D eigenvalue weighted by atomic mass is 32.2. The number of ether oxygens (including phenoxy) is 1. The van der Waals surface area contributed by atoms with E-state index in [1.165, 1.54) is 36.0 Å². The Balaban J connectivity index is 1.53. The first kappa shape index (κ1) is 24.9. The quantitative estimate of drug-likeness (QED) is 0.212. The molecule has 0 fully saturated rings. The van der Waals surface area contributed by atoms with Crippen LogP contribution in [0.5, 0.6) is 11.6 Å². The molecule has 1 atom stereocenters. The van der Waals surface area contributed by atoms with Gasteiger partial charge in [-0.3, -0.25) is 9.78 Å². The summed E-state index contributed by atoms with van der Waals surface area (Å²) in [6, 6.07) is 15.3. The molecule has 1 unspecified atom stereocenters. The van der Waals surface area contributed by atoms with Gasteiger partial charge in [0.2, 0.25) is 11.8 Å². The number of carbonyl (C=O) groups excluding carboxylic acids is 1. The molecule has 1 aliphatic rings. The third-order valence-corrected chi connectivity index (χ3v) is 7.51. The van der Waals surface area contributed by atoms with Crippen molar-refractivity contribution >= 4 is 23.4 Å². The molecule has 3 heterocycles. The van der Waals surface area contributed by atoms with E-state index in [9.17, 15) is 14.3 Å². The highest BCUT2D eigenvalue weighted by molar-refractivity contribution is 8.00. The van der Waals surface area contributed by atoms with Gasteiger partial charge < -0.3 is 15.2 Å². The predicted octanol–water partition coefficient (Wildman–Crippen LogP) is 5.68. The van der Waals surface area contributed by atoms with Crippen LogP contribution >= 0.6 is 11.8 Å². The topological polar surface area (TPSA) is 97.2 Å². The monoisotopic (exact) mass is 516 g/mol. The number of anilines is 1. The maximum absolute atomic E-state index is 13.3. The maximum Gasteiger partial charge on any atom is 0.237 e. The Morgan fingerprint density at radius 3 is 2.59 bits per heavy atom. The van der Waals surface area contributed by atoms with E-state index in [1.807, 2.05) is 44.2 Å². The SMILES string of the molecule is CCC(Sc1nc(-c2ccccc2)nc2c1Cc1c(CO)cnc(C)c1O2)C(=O)Nc1ccc(F)cc1. The van der Waals surface area contributed by atoms with Gasteiger partial charge in [-0.05, 0) is 37.6 Å². The zero-order valence-corrected chi connectivity index (χ0v) is 21.2. The fourth-order valence-electron chi connectivity index (χ4n) is 4.12. The highest BCUT2D eigenvalue weighted by Gasteiger charge is 2.30. The maximum atomic E-state index is 13.3. The zero-order chi connectivity index (χ0) is 25.9. The number of halogens is 1. The molecule has 0 aliphatic carbocycles. The first-order valence-corrected chi connectivity index (χ1v) is 12.8. The zero-order valence-electron chi connectivity index (χ0n) is 20.4. The molecule has 7 nitrogen and oxygen atoms in total. The van der Waals surface area contributed by atoms with Crippen LogP contribution in [0.15, 0.2) is 65.8 Å². The van der Waals surface area contributed by atoms with Gasteiger partial charge in [0.1, 0.15) is 10.8 Å². The number of aromatic nitrogens is 3. The van der Waals surface area contributed by atoms with Crippen LogP contribution < -0.4 is 10.1 Å². The molecular weight excluding hydrogens is 491 g/mol. The average Bonchev–Trinajstić information content (AvgIpc) is 2.92. The fourth-order valence-corrected chi connectivity index (χ4v) is 5.16. The van der Waals surface area contributed by atoms with E-state index in [-0.39, 0.29) is 18.3 Å². The van der Waals surface area contributed by atoms with Crippen molar-refractivity contribution < 1.29 is 19.0 Å². The normalized spacial score (nSPS) is 12.8. The van der Waals surface area contributed by atoms with Gasteiger partial charge in [0.25, 0.3) is 0 Å². The molecule has 0 saturated heterocycles. The van der Waals surface area contributed by atoms with Gasteiger partial charge in [0, 0.05) is 35.0 Å². The number of aliphatic hydroxyl groups excluding tert-OH is 1. The average molecular weight is 517 g/mol. The Labute approximate surface area is 218 Å². The van der Waals surface area contributed by atoms with Crippen molar-refractivity contribution in [2.75, 3.05) is 5.32 Å². The number of amides is 1. The third-order valence-electron chi connectivity index (χ3n) is 6.12. The van der Waals surface area contributed by atoms with Crippen molar-refractivity contribution in [1.82, 2.24) is 15.0 Å². The Bertz CT molecular complexity index is 1450. The number of benzene rings is 2. The summed E-state index contributed by atoms with van der Waals surface area (Å²) < 4.78 is 19.6. The van der Waals surface area contributed by atoms with E-state index >= 15 is 0 Å². The van der Waals surface area contributed by atoms with E-state index < -0.39 is 5.25 Å². The Morgan fingerprint density at radius 1 is 1.14 bits per heavy atom. The number of nitrogens with zero attached hydrogens (tertiary/aromatic N) is 3. The van der Waals surface area contributed by atoms with Crippen molar-refractivity contribution in [3.05, 3.63) is 89.0 Å². The first-order chi connectivity index (χ1) is 18.0. The summed E-state index contributed by atoms with van der Waals surface area (Å²) in [5.41, 5.74) is 4.32. The van der Waals surface area contributed by atoms with Crippen LogP contribution in [0.2, 0.25) is 0 Å². The summed E-state index contributed by atoms with van der Waals surface area (Å²) >= 11 is 1.34. The summed E-state index contributed by atoms with van der Waals surface area (Å²) in [5, 5.41) is 12.9. The molecular formula is C28H25FN4O3S. The fraction of sp³-hybridized carbons (Fsp3) is 0.214. The molecule has 0 spiro atoms. The van der Waals surface area contributed by atoms with Gasteiger partial charge in [-0.2, -0.15) is 4.98 Å². The minimum absolute atomic E-state index is 0.169. The Hall–Kier alpha value is -3.82. The van der Waals surface area contributed by atoms with E-state index in [2.05, 4.69) is 10.3 Å². The molecule has 2 N–H and O–H groups in total. The first-order valence-electron chi connectivity index (χ1n) is 11.9. The summed E-state index contributed by atoms with van der Waals surface area (Å²) in [4.78, 5) is 27.1. The highest BCUT2D eigenvalue weighted by Crippen LogP contribution is 2.43. The number of carbonyl (C=O) groups is 1. The number of pyridine rings is 1. The van der Waals surface area contributed by atoms with Crippen LogP contribution in [0, 0.1) is 12.7 Å².